The van der Waals surface area contributed by atoms with Crippen molar-refractivity contribution in [1.82, 2.24) is 4.98 Å². The molecule has 140 valence electrons. The number of hydrogen-bond acceptors (Lipinski definition) is 5. The van der Waals surface area contributed by atoms with Crippen LogP contribution >= 0.6 is 11.3 Å². The van der Waals surface area contributed by atoms with Crippen molar-refractivity contribution in [2.75, 3.05) is 10.0 Å². The second kappa shape index (κ2) is 7.85. The van der Waals surface area contributed by atoms with Crippen molar-refractivity contribution >= 4 is 38.6 Å². The van der Waals surface area contributed by atoms with E-state index in [9.17, 15) is 17.6 Å². The van der Waals surface area contributed by atoms with Crippen LogP contribution in [0.3, 0.4) is 0 Å². The summed E-state index contributed by atoms with van der Waals surface area (Å²) in [5.74, 6) is -0.840. The summed E-state index contributed by atoms with van der Waals surface area (Å²) in [6.07, 6.45) is 0.0867. The number of sulfonamides is 1. The SMILES string of the molecule is Cc1nc(CC(=O)Nc2ccccc2NS(=O)(=O)c2ccc(F)cc2)cs1. The molecule has 0 aliphatic heterocycles. The van der Waals surface area contributed by atoms with Crippen LogP contribution in [-0.4, -0.2) is 19.3 Å². The Kier molecular flexibility index (Phi) is 5.52. The van der Waals surface area contributed by atoms with Crippen molar-refractivity contribution in [2.24, 2.45) is 0 Å². The first-order valence-electron chi connectivity index (χ1n) is 7.92. The molecule has 0 aliphatic rings. The van der Waals surface area contributed by atoms with Crippen molar-refractivity contribution in [3.05, 3.63) is 70.4 Å². The number of benzene rings is 2. The van der Waals surface area contributed by atoms with Gasteiger partial charge in [-0.05, 0) is 43.3 Å². The molecule has 3 rings (SSSR count). The molecule has 0 saturated carbocycles. The first-order valence-corrected chi connectivity index (χ1v) is 10.3. The van der Waals surface area contributed by atoms with Crippen LogP contribution in [0.4, 0.5) is 15.8 Å². The first kappa shape index (κ1) is 19.0. The highest BCUT2D eigenvalue weighted by atomic mass is 32.2. The molecule has 0 saturated heterocycles. The van der Waals surface area contributed by atoms with Crippen LogP contribution in [0.1, 0.15) is 10.7 Å². The van der Waals surface area contributed by atoms with Crippen LogP contribution in [0.2, 0.25) is 0 Å². The van der Waals surface area contributed by atoms with Gasteiger partial charge in [0.05, 0.1) is 33.4 Å². The molecule has 9 heteroatoms. The number of carbonyl (C=O) groups is 1. The number of amides is 1. The van der Waals surface area contributed by atoms with E-state index in [4.69, 9.17) is 0 Å². The van der Waals surface area contributed by atoms with Crippen LogP contribution in [0.15, 0.2) is 58.8 Å². The minimum atomic E-state index is -3.92. The average molecular weight is 405 g/mol. The van der Waals surface area contributed by atoms with E-state index in [1.807, 2.05) is 6.92 Å². The number of aromatic nitrogens is 1. The quantitative estimate of drug-likeness (QED) is 0.656. The topological polar surface area (TPSA) is 88.2 Å². The number of para-hydroxylation sites is 2. The third-order valence-corrected chi connectivity index (χ3v) is 5.78. The molecular weight excluding hydrogens is 389 g/mol. The molecule has 1 heterocycles. The van der Waals surface area contributed by atoms with Gasteiger partial charge >= 0.3 is 0 Å². The Morgan fingerprint density at radius 3 is 2.41 bits per heavy atom. The van der Waals surface area contributed by atoms with Crippen molar-refractivity contribution in [2.45, 2.75) is 18.2 Å². The number of nitrogens with zero attached hydrogens (tertiary/aromatic N) is 1. The van der Waals surface area contributed by atoms with Crippen LogP contribution < -0.4 is 10.0 Å². The smallest absolute Gasteiger partial charge is 0.261 e. The zero-order valence-corrected chi connectivity index (χ0v) is 15.9. The van der Waals surface area contributed by atoms with E-state index in [2.05, 4.69) is 15.0 Å². The number of nitrogens with one attached hydrogen (secondary N) is 2. The molecule has 0 spiro atoms. The van der Waals surface area contributed by atoms with E-state index in [1.54, 1.807) is 23.6 Å². The fourth-order valence-corrected chi connectivity index (χ4v) is 4.04. The first-order chi connectivity index (χ1) is 12.8. The predicted octanol–water partition coefficient (Wildman–Crippen LogP) is 3.57. The molecule has 1 aromatic heterocycles. The number of anilines is 2. The molecule has 27 heavy (non-hydrogen) atoms. The molecule has 0 fully saturated rings. The zero-order valence-electron chi connectivity index (χ0n) is 14.3. The largest absolute Gasteiger partial charge is 0.324 e. The van der Waals surface area contributed by atoms with Gasteiger partial charge in [0.1, 0.15) is 5.82 Å². The van der Waals surface area contributed by atoms with E-state index in [0.717, 1.165) is 17.1 Å². The lowest BCUT2D eigenvalue weighted by Crippen LogP contribution is -2.18. The second-order valence-corrected chi connectivity index (χ2v) is 8.43. The maximum Gasteiger partial charge on any atom is 0.261 e. The maximum atomic E-state index is 13.0. The van der Waals surface area contributed by atoms with Crippen LogP contribution in [-0.2, 0) is 21.2 Å². The molecule has 2 N–H and O–H groups in total. The fourth-order valence-electron chi connectivity index (χ4n) is 2.35. The summed E-state index contributed by atoms with van der Waals surface area (Å²) >= 11 is 1.45. The lowest BCUT2D eigenvalue weighted by Gasteiger charge is -2.13. The van der Waals surface area contributed by atoms with E-state index in [0.29, 0.717) is 11.4 Å². The third kappa shape index (κ3) is 4.89. The van der Waals surface area contributed by atoms with Gasteiger partial charge in [-0.3, -0.25) is 9.52 Å². The van der Waals surface area contributed by atoms with Gasteiger partial charge in [0.2, 0.25) is 5.91 Å². The fraction of sp³-hybridized carbons (Fsp3) is 0.111. The Morgan fingerprint density at radius 2 is 1.78 bits per heavy atom. The van der Waals surface area contributed by atoms with Gasteiger partial charge in [0, 0.05) is 5.38 Å². The summed E-state index contributed by atoms with van der Waals surface area (Å²) in [6, 6.07) is 10.9. The van der Waals surface area contributed by atoms with Crippen molar-refractivity contribution in [1.29, 1.82) is 0 Å². The van der Waals surface area contributed by atoms with Crippen LogP contribution in [0, 0.1) is 12.7 Å². The molecule has 0 aliphatic carbocycles. The zero-order chi connectivity index (χ0) is 19.4. The van der Waals surface area contributed by atoms with Gasteiger partial charge in [-0.15, -0.1) is 11.3 Å². The molecule has 6 nitrogen and oxygen atoms in total. The highest BCUT2D eigenvalue weighted by molar-refractivity contribution is 7.92. The molecular formula is C18H16FN3O3S2. The Labute approximate surface area is 160 Å². The van der Waals surface area contributed by atoms with Crippen molar-refractivity contribution < 1.29 is 17.6 Å². The molecule has 1 amide bonds. The van der Waals surface area contributed by atoms with E-state index < -0.39 is 15.8 Å². The molecule has 3 aromatic rings. The number of halogens is 1. The highest BCUT2D eigenvalue weighted by Gasteiger charge is 2.17. The lowest BCUT2D eigenvalue weighted by atomic mass is 10.2. The normalized spacial score (nSPS) is 11.2. The van der Waals surface area contributed by atoms with Gasteiger partial charge in [0.15, 0.2) is 0 Å². The highest BCUT2D eigenvalue weighted by Crippen LogP contribution is 2.25. The average Bonchev–Trinajstić information content (AvgIpc) is 3.01. The summed E-state index contributed by atoms with van der Waals surface area (Å²) < 4.78 is 40.4. The Balaban J connectivity index is 1.77. The summed E-state index contributed by atoms with van der Waals surface area (Å²) in [7, 11) is -3.92. The Bertz CT molecular complexity index is 1060. The molecule has 0 bridgehead atoms. The summed E-state index contributed by atoms with van der Waals surface area (Å²) in [5.41, 5.74) is 1.18. The van der Waals surface area contributed by atoms with Gasteiger partial charge in [-0.1, -0.05) is 12.1 Å². The van der Waals surface area contributed by atoms with E-state index in [1.165, 1.54) is 29.5 Å². The van der Waals surface area contributed by atoms with Gasteiger partial charge < -0.3 is 5.32 Å². The summed E-state index contributed by atoms with van der Waals surface area (Å²) in [5, 5.41) is 5.36. The molecule has 0 atom stereocenters. The standard InChI is InChI=1S/C18H16FN3O3S2/c1-12-20-14(11-26-12)10-18(23)21-16-4-2-3-5-17(16)22-27(24,25)15-8-6-13(19)7-9-15/h2-9,11,22H,10H2,1H3,(H,21,23). The van der Waals surface area contributed by atoms with E-state index in [-0.39, 0.29) is 22.9 Å². The van der Waals surface area contributed by atoms with Gasteiger partial charge in [-0.25, -0.2) is 17.8 Å². The van der Waals surface area contributed by atoms with Crippen LogP contribution in [0.5, 0.6) is 0 Å². The number of aryl methyl sites for hydroxylation is 1. The number of carbonyl (C=O) groups excluding carboxylic acids is 1. The lowest BCUT2D eigenvalue weighted by molar-refractivity contribution is -0.115. The number of thiazole rings is 1. The van der Waals surface area contributed by atoms with E-state index >= 15 is 0 Å². The molecule has 0 unspecified atom stereocenters. The van der Waals surface area contributed by atoms with Crippen molar-refractivity contribution in [3.8, 4) is 0 Å². The van der Waals surface area contributed by atoms with Gasteiger partial charge in [0.25, 0.3) is 10.0 Å². The van der Waals surface area contributed by atoms with Gasteiger partial charge in [-0.2, -0.15) is 0 Å². The van der Waals surface area contributed by atoms with Crippen molar-refractivity contribution in [3.63, 3.8) is 0 Å². The monoisotopic (exact) mass is 405 g/mol. The van der Waals surface area contributed by atoms with Crippen LogP contribution in [0.25, 0.3) is 0 Å². The minimum absolute atomic E-state index is 0.0806. The summed E-state index contributed by atoms with van der Waals surface area (Å²) in [4.78, 5) is 16.4. The Morgan fingerprint density at radius 1 is 1.11 bits per heavy atom. The minimum Gasteiger partial charge on any atom is -0.324 e. The Hall–Kier alpha value is -2.78. The molecule has 0 radical (unpaired) electrons. The maximum absolute atomic E-state index is 13.0. The second-order valence-electron chi connectivity index (χ2n) is 5.69. The predicted molar refractivity (Wildman–Crippen MR) is 103 cm³/mol. The number of hydrogen-bond donors (Lipinski definition) is 2. The third-order valence-electron chi connectivity index (χ3n) is 3.58. The molecule has 2 aromatic carbocycles. The summed E-state index contributed by atoms with van der Waals surface area (Å²) in [6.45, 7) is 1.85. The number of rotatable bonds is 6.